The number of benzene rings is 3. The highest BCUT2D eigenvalue weighted by molar-refractivity contribution is 5.89. The van der Waals surface area contributed by atoms with Gasteiger partial charge in [0.05, 0.1) is 13.2 Å². The van der Waals surface area contributed by atoms with Crippen molar-refractivity contribution in [3.63, 3.8) is 0 Å². The van der Waals surface area contributed by atoms with Crippen LogP contribution in [0.1, 0.15) is 35.7 Å². The van der Waals surface area contributed by atoms with E-state index < -0.39 is 30.2 Å². The lowest BCUT2D eigenvalue weighted by molar-refractivity contribution is -0.149. The molecule has 0 aromatic heterocycles. The number of esters is 1. The van der Waals surface area contributed by atoms with Gasteiger partial charge in [-0.1, -0.05) is 54.6 Å². The van der Waals surface area contributed by atoms with Crippen LogP contribution in [-0.2, 0) is 21.0 Å². The molecule has 3 aromatic carbocycles. The first kappa shape index (κ1) is 23.4. The number of carbonyl (C=O) groups excluding carboxylic acids is 3. The summed E-state index contributed by atoms with van der Waals surface area (Å²) in [5, 5.41) is 3.96. The first-order valence-corrected chi connectivity index (χ1v) is 11.7. The summed E-state index contributed by atoms with van der Waals surface area (Å²) in [6.45, 7) is 2.33. The molecule has 5 rings (SSSR count). The third kappa shape index (κ3) is 4.60. The summed E-state index contributed by atoms with van der Waals surface area (Å²) in [4.78, 5) is 46.0. The van der Waals surface area contributed by atoms with Gasteiger partial charge in [-0.25, -0.2) is 14.4 Å². The molecule has 0 unspecified atom stereocenters. The largest absolute Gasteiger partial charge is 0.464 e. The van der Waals surface area contributed by atoms with E-state index in [-0.39, 0.29) is 25.5 Å². The number of hydrogen-bond acceptors (Lipinski definition) is 6. The Labute approximate surface area is 208 Å². The van der Waals surface area contributed by atoms with E-state index in [9.17, 15) is 14.4 Å². The maximum Gasteiger partial charge on any atom is 0.417 e. The first-order chi connectivity index (χ1) is 17.5. The number of anilines is 1. The monoisotopic (exact) mass is 487 g/mol. The zero-order valence-electron chi connectivity index (χ0n) is 19.6. The number of nitrogens with zero attached hydrogens (tertiary/aromatic N) is 2. The minimum absolute atomic E-state index is 0.186. The average molecular weight is 488 g/mol. The topological polar surface area (TPSA) is 97.4 Å². The molecule has 3 amide bonds. The number of urea groups is 1. The van der Waals surface area contributed by atoms with E-state index in [1.807, 2.05) is 36.4 Å². The molecular weight excluding hydrogens is 462 g/mol. The molecule has 1 saturated heterocycles. The van der Waals surface area contributed by atoms with Gasteiger partial charge in [-0.05, 0) is 47.9 Å². The molecule has 184 valence electrons. The van der Waals surface area contributed by atoms with Crippen molar-refractivity contribution < 1.29 is 28.7 Å². The Balaban J connectivity index is 1.42. The lowest BCUT2D eigenvalue weighted by atomic mass is 9.91. The number of rotatable bonds is 7. The molecule has 0 radical (unpaired) electrons. The molecule has 2 atom stereocenters. The fourth-order valence-electron chi connectivity index (χ4n) is 4.47. The molecule has 1 N–H and O–H groups in total. The highest BCUT2D eigenvalue weighted by Crippen LogP contribution is 2.45. The Morgan fingerprint density at radius 1 is 0.972 bits per heavy atom. The van der Waals surface area contributed by atoms with E-state index in [2.05, 4.69) is 5.32 Å². The van der Waals surface area contributed by atoms with E-state index in [4.69, 9.17) is 14.3 Å². The van der Waals surface area contributed by atoms with Gasteiger partial charge in [0.1, 0.15) is 18.4 Å². The second-order valence-corrected chi connectivity index (χ2v) is 8.36. The lowest BCUT2D eigenvalue weighted by Gasteiger charge is -2.31. The van der Waals surface area contributed by atoms with Gasteiger partial charge in [0, 0.05) is 5.69 Å². The number of hydrogen-bond donors (Lipinski definition) is 1. The number of nitrogens with one attached hydrogen (secondary N) is 1. The zero-order chi connectivity index (χ0) is 25.1. The van der Waals surface area contributed by atoms with Crippen molar-refractivity contribution in [2.24, 2.45) is 0 Å². The number of hydroxylamine groups is 2. The standard InChI is InChI=1S/C27H25N3O6/c1-2-34-25(31)24-21-14-13-20(36-26(32)28-19-11-7-4-8-12-19)15-22(21)23-16-29(24)27(33)30(23)35-17-18-9-5-3-6-10-18/h3-15,23-24H,2,16-17H2,1H3,(H,28,32)/t23-,24-/m1/s1. The quantitative estimate of drug-likeness (QED) is 0.480. The van der Waals surface area contributed by atoms with E-state index in [0.717, 1.165) is 5.56 Å². The number of amides is 3. The van der Waals surface area contributed by atoms with Crippen molar-refractivity contribution in [2.45, 2.75) is 25.6 Å². The summed E-state index contributed by atoms with van der Waals surface area (Å²) in [6.07, 6.45) is -0.653. The SMILES string of the molecule is CCOC(=O)[C@H]1c2ccc(OC(=O)Nc3ccccc3)cc2[C@H]2CN1C(=O)N2OCc1ccccc1. The van der Waals surface area contributed by atoms with Crippen molar-refractivity contribution >= 4 is 23.8 Å². The molecule has 2 aliphatic rings. The minimum atomic E-state index is -0.916. The summed E-state index contributed by atoms with van der Waals surface area (Å²) in [5.41, 5.74) is 2.77. The van der Waals surface area contributed by atoms with Gasteiger partial charge < -0.3 is 14.4 Å². The van der Waals surface area contributed by atoms with Crippen LogP contribution >= 0.6 is 0 Å². The number of fused-ring (bicyclic) bond motifs is 4. The van der Waals surface area contributed by atoms with Crippen molar-refractivity contribution in [2.75, 3.05) is 18.5 Å². The van der Waals surface area contributed by atoms with Crippen LogP contribution < -0.4 is 10.1 Å². The Morgan fingerprint density at radius 3 is 2.42 bits per heavy atom. The van der Waals surface area contributed by atoms with Gasteiger partial charge in [-0.3, -0.25) is 10.2 Å². The number of ether oxygens (including phenoxy) is 2. The highest BCUT2D eigenvalue weighted by atomic mass is 16.7. The van der Waals surface area contributed by atoms with Crippen molar-refractivity contribution in [3.05, 3.63) is 95.6 Å². The Bertz CT molecular complexity index is 1270. The van der Waals surface area contributed by atoms with Crippen LogP contribution in [0.25, 0.3) is 0 Å². The molecule has 0 aliphatic carbocycles. The Kier molecular flexibility index (Phi) is 6.55. The Morgan fingerprint density at radius 2 is 1.69 bits per heavy atom. The Hall–Kier alpha value is -4.37. The summed E-state index contributed by atoms with van der Waals surface area (Å²) in [6, 6.07) is 21.6. The van der Waals surface area contributed by atoms with Crippen LogP contribution in [0, 0.1) is 0 Å². The van der Waals surface area contributed by atoms with Crippen molar-refractivity contribution in [3.8, 4) is 5.75 Å². The van der Waals surface area contributed by atoms with Crippen LogP contribution in [0.5, 0.6) is 5.75 Å². The fourth-order valence-corrected chi connectivity index (χ4v) is 4.47. The van der Waals surface area contributed by atoms with E-state index in [0.29, 0.717) is 16.8 Å². The lowest BCUT2D eigenvalue weighted by Crippen LogP contribution is -2.39. The molecule has 1 fully saturated rings. The van der Waals surface area contributed by atoms with Crippen LogP contribution in [0.15, 0.2) is 78.9 Å². The molecule has 0 saturated carbocycles. The summed E-state index contributed by atoms with van der Waals surface area (Å²) in [5.74, 6) is -0.244. The molecule has 2 heterocycles. The minimum Gasteiger partial charge on any atom is -0.464 e. The van der Waals surface area contributed by atoms with Gasteiger partial charge in [0.2, 0.25) is 0 Å². The van der Waals surface area contributed by atoms with Crippen molar-refractivity contribution in [1.29, 1.82) is 0 Å². The van der Waals surface area contributed by atoms with Crippen LogP contribution in [-0.4, -0.2) is 41.2 Å². The fraction of sp³-hybridized carbons (Fsp3) is 0.222. The smallest absolute Gasteiger partial charge is 0.417 e. The van der Waals surface area contributed by atoms with Gasteiger partial charge >= 0.3 is 18.1 Å². The predicted molar refractivity (Wildman–Crippen MR) is 130 cm³/mol. The molecule has 2 bridgehead atoms. The molecule has 36 heavy (non-hydrogen) atoms. The molecule has 0 spiro atoms. The molecular formula is C27H25N3O6. The first-order valence-electron chi connectivity index (χ1n) is 11.7. The molecule has 3 aromatic rings. The maximum absolute atomic E-state index is 13.3. The summed E-state index contributed by atoms with van der Waals surface area (Å²) >= 11 is 0. The summed E-state index contributed by atoms with van der Waals surface area (Å²) in [7, 11) is 0. The van der Waals surface area contributed by atoms with Gasteiger partial charge in [-0.15, -0.1) is 0 Å². The van der Waals surface area contributed by atoms with E-state index in [1.54, 1.807) is 49.4 Å². The number of para-hydroxylation sites is 1. The zero-order valence-corrected chi connectivity index (χ0v) is 19.6. The van der Waals surface area contributed by atoms with E-state index >= 15 is 0 Å². The van der Waals surface area contributed by atoms with Crippen molar-refractivity contribution in [1.82, 2.24) is 9.96 Å². The normalized spacial score (nSPS) is 18.0. The van der Waals surface area contributed by atoms with Crippen LogP contribution in [0.2, 0.25) is 0 Å². The third-order valence-electron chi connectivity index (χ3n) is 6.06. The molecule has 9 nitrogen and oxygen atoms in total. The highest BCUT2D eigenvalue weighted by Gasteiger charge is 2.51. The van der Waals surface area contributed by atoms with Gasteiger partial charge in [0.15, 0.2) is 6.04 Å². The molecule has 2 aliphatic heterocycles. The van der Waals surface area contributed by atoms with Crippen LogP contribution in [0.3, 0.4) is 0 Å². The average Bonchev–Trinajstić information content (AvgIpc) is 3.16. The third-order valence-corrected chi connectivity index (χ3v) is 6.06. The number of carbonyl (C=O) groups is 3. The van der Waals surface area contributed by atoms with E-state index in [1.165, 1.54) is 9.96 Å². The predicted octanol–water partition coefficient (Wildman–Crippen LogP) is 4.83. The van der Waals surface area contributed by atoms with Gasteiger partial charge in [-0.2, -0.15) is 5.06 Å². The van der Waals surface area contributed by atoms with Crippen LogP contribution in [0.4, 0.5) is 15.3 Å². The second kappa shape index (κ2) is 10.1. The second-order valence-electron chi connectivity index (χ2n) is 8.36. The van der Waals surface area contributed by atoms with Gasteiger partial charge in [0.25, 0.3) is 0 Å². The molecule has 9 heteroatoms. The maximum atomic E-state index is 13.3. The summed E-state index contributed by atoms with van der Waals surface area (Å²) < 4.78 is 10.8.